The fraction of sp³-hybridized carbons (Fsp3) is 0.963. The molecule has 0 N–H and O–H groups in total. The Morgan fingerprint density at radius 1 is 0.966 bits per heavy atom. The molecule has 4 rings (SSSR count). The molecule has 4 aliphatic rings. The lowest BCUT2D eigenvalue weighted by Crippen LogP contribution is -2.39. The molecule has 0 heterocycles. The minimum atomic E-state index is -0.112. The fourth-order valence-corrected chi connectivity index (χ4v) is 9.07. The molecule has 166 valence electrons. The van der Waals surface area contributed by atoms with Crippen LogP contribution in [0.5, 0.6) is 0 Å². The van der Waals surface area contributed by atoms with Crippen LogP contribution in [0.1, 0.15) is 118 Å². The van der Waals surface area contributed by atoms with E-state index >= 15 is 0 Å². The van der Waals surface area contributed by atoms with Gasteiger partial charge in [-0.3, -0.25) is 4.79 Å². The SMILES string of the molecule is CCC1CC(CC)C2(C)C3CC(CC3CCCCC(=O)OC3(CC)CCCC3)C12. The highest BCUT2D eigenvalue weighted by atomic mass is 16.6. The van der Waals surface area contributed by atoms with Crippen LogP contribution in [0.4, 0.5) is 0 Å². The summed E-state index contributed by atoms with van der Waals surface area (Å²) in [4.78, 5) is 12.4. The first-order valence-electron chi connectivity index (χ1n) is 13.2. The normalized spacial score (nSPS) is 42.3. The van der Waals surface area contributed by atoms with Crippen LogP contribution >= 0.6 is 0 Å². The number of unbranched alkanes of at least 4 members (excludes halogenated alkanes) is 1. The smallest absolute Gasteiger partial charge is 0.306 e. The van der Waals surface area contributed by atoms with Gasteiger partial charge in [-0.1, -0.05) is 53.4 Å². The van der Waals surface area contributed by atoms with Crippen LogP contribution < -0.4 is 0 Å². The number of carbonyl (C=O) groups excluding carboxylic acids is 1. The Bertz CT molecular complexity index is 577. The summed E-state index contributed by atoms with van der Waals surface area (Å²) in [5, 5.41) is 0. The van der Waals surface area contributed by atoms with Crippen molar-refractivity contribution in [2.75, 3.05) is 0 Å². The second-order valence-corrected chi connectivity index (χ2v) is 11.5. The second-order valence-electron chi connectivity index (χ2n) is 11.5. The van der Waals surface area contributed by atoms with Gasteiger partial charge in [0.05, 0.1) is 0 Å². The van der Waals surface area contributed by atoms with E-state index in [4.69, 9.17) is 4.74 Å². The van der Waals surface area contributed by atoms with Gasteiger partial charge in [-0.2, -0.15) is 0 Å². The van der Waals surface area contributed by atoms with Crippen LogP contribution in [-0.4, -0.2) is 11.6 Å². The minimum Gasteiger partial charge on any atom is -0.459 e. The molecule has 0 aromatic heterocycles. The molecule has 4 fully saturated rings. The van der Waals surface area contributed by atoms with Crippen LogP contribution in [-0.2, 0) is 9.53 Å². The molecule has 0 aromatic rings. The fourth-order valence-electron chi connectivity index (χ4n) is 9.07. The molecule has 4 saturated carbocycles. The lowest BCUT2D eigenvalue weighted by atomic mass is 9.59. The van der Waals surface area contributed by atoms with Crippen molar-refractivity contribution >= 4 is 5.97 Å². The molecule has 2 heteroatoms. The maximum atomic E-state index is 12.4. The summed E-state index contributed by atoms with van der Waals surface area (Å²) in [5.74, 6) is 5.95. The summed E-state index contributed by atoms with van der Waals surface area (Å²) < 4.78 is 5.96. The van der Waals surface area contributed by atoms with Crippen molar-refractivity contribution in [1.82, 2.24) is 0 Å². The van der Waals surface area contributed by atoms with Gasteiger partial charge < -0.3 is 4.74 Å². The van der Waals surface area contributed by atoms with Crippen molar-refractivity contribution < 1.29 is 9.53 Å². The van der Waals surface area contributed by atoms with Gasteiger partial charge in [0, 0.05) is 6.42 Å². The van der Waals surface area contributed by atoms with E-state index in [1.54, 1.807) is 0 Å². The average Bonchev–Trinajstić information content (AvgIpc) is 3.45. The molecule has 0 saturated heterocycles. The lowest BCUT2D eigenvalue weighted by Gasteiger charge is -2.45. The maximum Gasteiger partial charge on any atom is 0.306 e. The summed E-state index contributed by atoms with van der Waals surface area (Å²) in [6.07, 6.45) is 17.1. The Morgan fingerprint density at radius 3 is 2.38 bits per heavy atom. The van der Waals surface area contributed by atoms with Gasteiger partial charge in [0.2, 0.25) is 0 Å². The highest BCUT2D eigenvalue weighted by Crippen LogP contribution is 2.72. The molecule has 2 bridgehead atoms. The van der Waals surface area contributed by atoms with Crippen LogP contribution in [0, 0.1) is 40.9 Å². The van der Waals surface area contributed by atoms with E-state index in [-0.39, 0.29) is 11.6 Å². The average molecular weight is 403 g/mol. The monoisotopic (exact) mass is 402 g/mol. The zero-order chi connectivity index (χ0) is 20.6. The number of ether oxygens (including phenoxy) is 1. The molecule has 0 radical (unpaired) electrons. The van der Waals surface area contributed by atoms with Crippen LogP contribution in [0.15, 0.2) is 0 Å². The van der Waals surface area contributed by atoms with Gasteiger partial charge in [0.1, 0.15) is 5.60 Å². The highest BCUT2D eigenvalue weighted by molar-refractivity contribution is 5.69. The largest absolute Gasteiger partial charge is 0.459 e. The molecule has 0 spiro atoms. The summed E-state index contributed by atoms with van der Waals surface area (Å²) in [6, 6.07) is 0. The lowest BCUT2D eigenvalue weighted by molar-refractivity contribution is -0.159. The number of carbonyl (C=O) groups is 1. The zero-order valence-corrected chi connectivity index (χ0v) is 19.7. The maximum absolute atomic E-state index is 12.4. The molecule has 0 aliphatic heterocycles. The Hall–Kier alpha value is -0.530. The number of hydrogen-bond donors (Lipinski definition) is 0. The van der Waals surface area contributed by atoms with Gasteiger partial charge in [-0.05, 0) is 98.7 Å². The molecule has 0 aromatic carbocycles. The Morgan fingerprint density at radius 2 is 1.72 bits per heavy atom. The van der Waals surface area contributed by atoms with Gasteiger partial charge >= 0.3 is 5.97 Å². The Kier molecular flexibility index (Phi) is 6.39. The topological polar surface area (TPSA) is 26.3 Å². The van der Waals surface area contributed by atoms with Crippen molar-refractivity contribution in [2.24, 2.45) is 40.9 Å². The van der Waals surface area contributed by atoms with Crippen molar-refractivity contribution in [2.45, 2.75) is 123 Å². The minimum absolute atomic E-state index is 0.0707. The van der Waals surface area contributed by atoms with E-state index in [1.807, 2.05) is 0 Å². The number of fused-ring (bicyclic) bond motifs is 5. The third-order valence-corrected chi connectivity index (χ3v) is 10.4. The number of hydrogen-bond acceptors (Lipinski definition) is 2. The first-order valence-corrected chi connectivity index (χ1v) is 13.2. The number of esters is 1. The van der Waals surface area contributed by atoms with Crippen LogP contribution in [0.25, 0.3) is 0 Å². The van der Waals surface area contributed by atoms with E-state index < -0.39 is 0 Å². The predicted octanol–water partition coefficient (Wildman–Crippen LogP) is 7.55. The van der Waals surface area contributed by atoms with E-state index in [9.17, 15) is 4.79 Å². The summed E-state index contributed by atoms with van der Waals surface area (Å²) in [6.45, 7) is 9.73. The standard InChI is InChI=1S/C27H46O2/c1-5-19-17-22(6-2)26(4)23-18-21(25(19)26)16-20(23)12-8-9-13-24(28)29-27(7-3)14-10-11-15-27/h19-23,25H,5-18H2,1-4H3. The summed E-state index contributed by atoms with van der Waals surface area (Å²) in [7, 11) is 0. The van der Waals surface area contributed by atoms with Crippen molar-refractivity contribution in [3.8, 4) is 0 Å². The third-order valence-electron chi connectivity index (χ3n) is 10.4. The molecule has 7 atom stereocenters. The molecular weight excluding hydrogens is 356 g/mol. The van der Waals surface area contributed by atoms with E-state index in [0.29, 0.717) is 11.8 Å². The van der Waals surface area contributed by atoms with Crippen molar-refractivity contribution in [1.29, 1.82) is 0 Å². The van der Waals surface area contributed by atoms with E-state index in [0.717, 1.165) is 61.2 Å². The first kappa shape index (κ1) is 21.7. The molecule has 2 nitrogen and oxygen atoms in total. The highest BCUT2D eigenvalue weighted by Gasteiger charge is 2.65. The molecule has 29 heavy (non-hydrogen) atoms. The Balaban J connectivity index is 1.25. The summed E-state index contributed by atoms with van der Waals surface area (Å²) >= 11 is 0. The third kappa shape index (κ3) is 3.69. The second kappa shape index (κ2) is 8.54. The molecule has 4 aliphatic carbocycles. The van der Waals surface area contributed by atoms with Gasteiger partial charge in [-0.15, -0.1) is 0 Å². The van der Waals surface area contributed by atoms with Crippen molar-refractivity contribution in [3.05, 3.63) is 0 Å². The van der Waals surface area contributed by atoms with E-state index in [1.165, 1.54) is 57.8 Å². The zero-order valence-electron chi connectivity index (χ0n) is 19.7. The molecule has 7 unspecified atom stereocenters. The molecule has 0 amide bonds. The van der Waals surface area contributed by atoms with Gasteiger partial charge in [-0.25, -0.2) is 0 Å². The van der Waals surface area contributed by atoms with Crippen LogP contribution in [0.2, 0.25) is 0 Å². The van der Waals surface area contributed by atoms with E-state index in [2.05, 4.69) is 27.7 Å². The quantitative estimate of drug-likeness (QED) is 0.294. The van der Waals surface area contributed by atoms with Gasteiger partial charge in [0.25, 0.3) is 0 Å². The van der Waals surface area contributed by atoms with Crippen LogP contribution in [0.3, 0.4) is 0 Å². The van der Waals surface area contributed by atoms with Crippen molar-refractivity contribution in [3.63, 3.8) is 0 Å². The predicted molar refractivity (Wildman–Crippen MR) is 120 cm³/mol. The first-order chi connectivity index (χ1) is 14.0. The summed E-state index contributed by atoms with van der Waals surface area (Å²) in [5.41, 5.74) is 0.511. The Labute approximate surface area is 179 Å². The number of rotatable bonds is 9. The molecular formula is C27H46O2. The van der Waals surface area contributed by atoms with Gasteiger partial charge in [0.15, 0.2) is 0 Å².